The molecular weight excluding hydrogens is 360 g/mol. The fraction of sp³-hybridized carbons (Fsp3) is 0.238. The molecular formula is C21H20N2O5. The molecule has 3 amide bonds. The van der Waals surface area contributed by atoms with Gasteiger partial charge < -0.3 is 9.74 Å². The Bertz CT molecular complexity index is 915. The minimum absolute atomic E-state index is 0.0223. The number of benzene rings is 2. The Labute approximate surface area is 162 Å². The first kappa shape index (κ1) is 19.3. The van der Waals surface area contributed by atoms with Gasteiger partial charge in [-0.15, -0.1) is 0 Å². The minimum Gasteiger partial charge on any atom is -0.341 e. The molecule has 2 aromatic rings. The Hall–Kier alpha value is -3.48. The Kier molecular flexibility index (Phi) is 5.26. The first-order valence-corrected chi connectivity index (χ1v) is 8.83. The monoisotopic (exact) mass is 380 g/mol. The van der Waals surface area contributed by atoms with E-state index in [-0.39, 0.29) is 28.5 Å². The van der Waals surface area contributed by atoms with Gasteiger partial charge in [-0.25, -0.2) is 4.79 Å². The second-order valence-electron chi connectivity index (χ2n) is 6.87. The summed E-state index contributed by atoms with van der Waals surface area (Å²) in [6.07, 6.45) is 0. The lowest BCUT2D eigenvalue weighted by Gasteiger charge is -2.19. The van der Waals surface area contributed by atoms with Gasteiger partial charge in [0.05, 0.1) is 16.7 Å². The van der Waals surface area contributed by atoms with Crippen LogP contribution in [0.2, 0.25) is 0 Å². The second-order valence-corrected chi connectivity index (χ2v) is 6.87. The summed E-state index contributed by atoms with van der Waals surface area (Å²) in [6.45, 7) is 4.07. The third-order valence-electron chi connectivity index (χ3n) is 4.41. The molecule has 144 valence electrons. The first-order valence-electron chi connectivity index (χ1n) is 8.83. The van der Waals surface area contributed by atoms with E-state index in [4.69, 9.17) is 4.84 Å². The topological polar surface area (TPSA) is 84.0 Å². The van der Waals surface area contributed by atoms with Crippen molar-refractivity contribution >= 4 is 23.7 Å². The summed E-state index contributed by atoms with van der Waals surface area (Å²) < 4.78 is 0. The molecule has 0 spiro atoms. The SMILES string of the molecule is CC(C)C(=O)N(C)Cc1ccc(C(=O)ON2C(=O)c3ccccc3C2=O)cc1. The van der Waals surface area contributed by atoms with E-state index in [0.717, 1.165) is 5.56 Å². The van der Waals surface area contributed by atoms with Crippen molar-refractivity contribution in [1.29, 1.82) is 0 Å². The number of fused-ring (bicyclic) bond motifs is 1. The van der Waals surface area contributed by atoms with E-state index in [0.29, 0.717) is 11.6 Å². The summed E-state index contributed by atoms with van der Waals surface area (Å²) in [5.74, 6) is -2.22. The van der Waals surface area contributed by atoms with Gasteiger partial charge in [0.1, 0.15) is 0 Å². The van der Waals surface area contributed by atoms with Gasteiger partial charge in [0.2, 0.25) is 5.91 Å². The van der Waals surface area contributed by atoms with Crippen LogP contribution in [0.4, 0.5) is 0 Å². The maximum Gasteiger partial charge on any atom is 0.363 e. The summed E-state index contributed by atoms with van der Waals surface area (Å²) >= 11 is 0. The fourth-order valence-corrected chi connectivity index (χ4v) is 2.92. The van der Waals surface area contributed by atoms with Crippen molar-refractivity contribution in [2.24, 2.45) is 5.92 Å². The largest absolute Gasteiger partial charge is 0.363 e. The standard InChI is InChI=1S/C21H20N2O5/c1-13(2)18(24)22(3)12-14-8-10-15(11-9-14)21(27)28-23-19(25)16-6-4-5-7-17(16)20(23)26/h4-11,13H,12H2,1-3H3. The molecule has 7 nitrogen and oxygen atoms in total. The van der Waals surface area contributed by atoms with Crippen LogP contribution in [0.25, 0.3) is 0 Å². The van der Waals surface area contributed by atoms with E-state index in [1.54, 1.807) is 36.2 Å². The van der Waals surface area contributed by atoms with Gasteiger partial charge in [0.15, 0.2) is 0 Å². The van der Waals surface area contributed by atoms with Crippen molar-refractivity contribution in [3.63, 3.8) is 0 Å². The zero-order valence-electron chi connectivity index (χ0n) is 15.8. The average molecular weight is 380 g/mol. The van der Waals surface area contributed by atoms with Crippen molar-refractivity contribution < 1.29 is 24.0 Å². The van der Waals surface area contributed by atoms with Gasteiger partial charge in [0, 0.05) is 19.5 Å². The summed E-state index contributed by atoms with van der Waals surface area (Å²) in [4.78, 5) is 55.4. The molecule has 0 fully saturated rings. The number of amides is 3. The summed E-state index contributed by atoms with van der Waals surface area (Å²) in [5, 5.41) is 0.482. The van der Waals surface area contributed by atoms with Crippen LogP contribution in [0.15, 0.2) is 48.5 Å². The van der Waals surface area contributed by atoms with E-state index < -0.39 is 17.8 Å². The lowest BCUT2D eigenvalue weighted by molar-refractivity contribution is -0.133. The highest BCUT2D eigenvalue weighted by atomic mass is 16.7. The summed E-state index contributed by atoms with van der Waals surface area (Å²) in [5.41, 5.74) is 1.44. The molecule has 1 aliphatic rings. The van der Waals surface area contributed by atoms with E-state index in [2.05, 4.69) is 0 Å². The van der Waals surface area contributed by atoms with Crippen LogP contribution in [0.1, 0.15) is 50.5 Å². The van der Waals surface area contributed by atoms with Crippen molar-refractivity contribution in [1.82, 2.24) is 9.96 Å². The van der Waals surface area contributed by atoms with Crippen molar-refractivity contribution in [2.45, 2.75) is 20.4 Å². The second kappa shape index (κ2) is 7.64. The lowest BCUT2D eigenvalue weighted by atomic mass is 10.1. The van der Waals surface area contributed by atoms with Crippen molar-refractivity contribution in [3.05, 3.63) is 70.8 Å². The van der Waals surface area contributed by atoms with E-state index in [9.17, 15) is 19.2 Å². The predicted octanol–water partition coefficient (Wildman–Crippen LogP) is 2.67. The zero-order valence-corrected chi connectivity index (χ0v) is 15.8. The maximum atomic E-state index is 12.3. The Morgan fingerprint density at radius 1 is 0.964 bits per heavy atom. The van der Waals surface area contributed by atoms with Crippen LogP contribution >= 0.6 is 0 Å². The highest BCUT2D eigenvalue weighted by Crippen LogP contribution is 2.23. The van der Waals surface area contributed by atoms with Crippen molar-refractivity contribution in [2.75, 3.05) is 7.05 Å². The molecule has 0 aromatic heterocycles. The zero-order chi connectivity index (χ0) is 20.4. The molecule has 0 aliphatic carbocycles. The smallest absolute Gasteiger partial charge is 0.341 e. The van der Waals surface area contributed by atoms with E-state index >= 15 is 0 Å². The molecule has 0 N–H and O–H groups in total. The molecule has 0 unspecified atom stereocenters. The van der Waals surface area contributed by atoms with Crippen LogP contribution in [0.5, 0.6) is 0 Å². The molecule has 7 heteroatoms. The highest BCUT2D eigenvalue weighted by molar-refractivity contribution is 6.21. The maximum absolute atomic E-state index is 12.3. The van der Waals surface area contributed by atoms with Gasteiger partial charge in [-0.1, -0.05) is 43.2 Å². The van der Waals surface area contributed by atoms with Crippen LogP contribution in [-0.2, 0) is 16.2 Å². The number of carbonyl (C=O) groups is 4. The average Bonchev–Trinajstić information content (AvgIpc) is 2.93. The first-order chi connectivity index (χ1) is 13.3. The molecule has 3 rings (SSSR count). The van der Waals surface area contributed by atoms with Gasteiger partial charge in [-0.2, -0.15) is 0 Å². The van der Waals surface area contributed by atoms with Crippen LogP contribution in [0, 0.1) is 5.92 Å². The molecule has 0 saturated heterocycles. The third-order valence-corrected chi connectivity index (χ3v) is 4.41. The van der Waals surface area contributed by atoms with Crippen molar-refractivity contribution in [3.8, 4) is 0 Å². The van der Waals surface area contributed by atoms with Crippen LogP contribution in [0.3, 0.4) is 0 Å². The molecule has 0 radical (unpaired) electrons. The Morgan fingerprint density at radius 2 is 1.50 bits per heavy atom. The number of rotatable bonds is 5. The summed E-state index contributed by atoms with van der Waals surface area (Å²) in [6, 6.07) is 12.7. The minimum atomic E-state index is -0.812. The van der Waals surface area contributed by atoms with E-state index in [1.165, 1.54) is 24.3 Å². The summed E-state index contributed by atoms with van der Waals surface area (Å²) in [7, 11) is 1.72. The van der Waals surface area contributed by atoms with Gasteiger partial charge in [-0.05, 0) is 29.8 Å². The normalized spacial score (nSPS) is 12.9. The quantitative estimate of drug-likeness (QED) is 0.745. The molecule has 28 heavy (non-hydrogen) atoms. The molecule has 1 heterocycles. The molecule has 0 saturated carbocycles. The number of carbonyl (C=O) groups excluding carboxylic acids is 4. The molecule has 2 aromatic carbocycles. The number of nitrogens with zero attached hydrogens (tertiary/aromatic N) is 2. The fourth-order valence-electron chi connectivity index (χ4n) is 2.92. The number of hydroxylamine groups is 2. The van der Waals surface area contributed by atoms with Gasteiger partial charge in [-0.3, -0.25) is 14.4 Å². The molecule has 1 aliphatic heterocycles. The van der Waals surface area contributed by atoms with E-state index in [1.807, 2.05) is 13.8 Å². The predicted molar refractivity (Wildman–Crippen MR) is 100 cm³/mol. The number of imide groups is 1. The third kappa shape index (κ3) is 3.64. The Morgan fingerprint density at radius 3 is 2.00 bits per heavy atom. The molecule has 0 atom stereocenters. The number of hydrogen-bond acceptors (Lipinski definition) is 5. The van der Waals surface area contributed by atoms with Gasteiger partial charge >= 0.3 is 5.97 Å². The Balaban J connectivity index is 1.67. The van der Waals surface area contributed by atoms with Crippen LogP contribution < -0.4 is 0 Å². The number of hydrogen-bond donors (Lipinski definition) is 0. The lowest BCUT2D eigenvalue weighted by Crippen LogP contribution is -2.32. The molecule has 0 bridgehead atoms. The van der Waals surface area contributed by atoms with Gasteiger partial charge in [0.25, 0.3) is 11.8 Å². The van der Waals surface area contributed by atoms with Crippen LogP contribution in [-0.4, -0.2) is 40.7 Å². The highest BCUT2D eigenvalue weighted by Gasteiger charge is 2.38.